The van der Waals surface area contributed by atoms with Crippen molar-refractivity contribution in [3.05, 3.63) is 64.3 Å². The summed E-state index contributed by atoms with van der Waals surface area (Å²) < 4.78 is 5.91. The van der Waals surface area contributed by atoms with Crippen molar-refractivity contribution in [2.24, 2.45) is 11.8 Å². The first-order chi connectivity index (χ1) is 15.5. The monoisotopic (exact) mass is 469 g/mol. The fraction of sp³-hybridized carbons (Fsp3) is 0.348. The van der Waals surface area contributed by atoms with Crippen LogP contribution in [0.15, 0.2) is 42.9 Å². The van der Waals surface area contributed by atoms with Gasteiger partial charge in [0.2, 0.25) is 5.88 Å². The predicted octanol–water partition coefficient (Wildman–Crippen LogP) is 4.48. The van der Waals surface area contributed by atoms with Crippen molar-refractivity contribution in [2.75, 3.05) is 13.2 Å². The number of piperidine rings is 1. The van der Waals surface area contributed by atoms with Crippen LogP contribution in [-0.2, 0) is 0 Å². The van der Waals surface area contributed by atoms with Crippen molar-refractivity contribution in [2.45, 2.75) is 25.8 Å². The Kier molecular flexibility index (Phi) is 5.69. The Bertz CT molecular complexity index is 1160. The molecule has 0 spiro atoms. The van der Waals surface area contributed by atoms with Gasteiger partial charge >= 0.3 is 0 Å². The summed E-state index contributed by atoms with van der Waals surface area (Å²) in [5, 5.41) is 0.752. The van der Waals surface area contributed by atoms with Crippen molar-refractivity contribution in [3.63, 3.8) is 0 Å². The molecule has 3 atom stereocenters. The predicted molar refractivity (Wildman–Crippen MR) is 121 cm³/mol. The van der Waals surface area contributed by atoms with E-state index in [1.807, 2.05) is 24.0 Å². The van der Waals surface area contributed by atoms with Crippen LogP contribution in [0.25, 0.3) is 11.4 Å². The number of rotatable bonds is 5. The SMILES string of the molecule is Cc1ccc(-c2ncccn2)c(C(=O)N2C[C@@H]3C[C@@H]3C[C@H]2COc2cc(Cl)c(Cl)cn2)n1. The van der Waals surface area contributed by atoms with E-state index in [2.05, 4.69) is 19.9 Å². The van der Waals surface area contributed by atoms with Gasteiger partial charge in [0, 0.05) is 30.7 Å². The molecule has 0 radical (unpaired) electrons. The van der Waals surface area contributed by atoms with Gasteiger partial charge in [-0.2, -0.15) is 0 Å². The van der Waals surface area contributed by atoms with Crippen LogP contribution in [0, 0.1) is 18.8 Å². The molecule has 0 bridgehead atoms. The highest BCUT2D eigenvalue weighted by Crippen LogP contribution is 2.47. The van der Waals surface area contributed by atoms with E-state index in [-0.39, 0.29) is 11.9 Å². The van der Waals surface area contributed by atoms with Crippen LogP contribution in [0.5, 0.6) is 5.88 Å². The zero-order chi connectivity index (χ0) is 22.2. The number of likely N-dealkylation sites (tertiary alicyclic amines) is 1. The molecule has 5 rings (SSSR count). The van der Waals surface area contributed by atoms with Gasteiger partial charge in [-0.25, -0.2) is 19.9 Å². The first kappa shape index (κ1) is 21.1. The summed E-state index contributed by atoms with van der Waals surface area (Å²) in [5.41, 5.74) is 1.76. The maximum atomic E-state index is 13.7. The second-order valence-corrected chi connectivity index (χ2v) is 9.09. The largest absolute Gasteiger partial charge is 0.475 e. The minimum atomic E-state index is -0.128. The van der Waals surface area contributed by atoms with Gasteiger partial charge in [-0.3, -0.25) is 4.79 Å². The molecule has 0 aromatic carbocycles. The molecule has 1 saturated carbocycles. The van der Waals surface area contributed by atoms with E-state index in [1.165, 1.54) is 6.20 Å². The lowest BCUT2D eigenvalue weighted by atomic mass is 10.0. The van der Waals surface area contributed by atoms with Gasteiger partial charge < -0.3 is 9.64 Å². The number of fused-ring (bicyclic) bond motifs is 1. The molecule has 4 heterocycles. The summed E-state index contributed by atoms with van der Waals surface area (Å²) in [7, 11) is 0. The van der Waals surface area contributed by atoms with E-state index < -0.39 is 0 Å². The third-order valence-electron chi connectivity index (χ3n) is 6.03. The molecular weight excluding hydrogens is 449 g/mol. The van der Waals surface area contributed by atoms with Gasteiger partial charge in [-0.1, -0.05) is 23.2 Å². The quantitative estimate of drug-likeness (QED) is 0.547. The number of pyridine rings is 2. The Hall–Kier alpha value is -2.77. The molecule has 2 fully saturated rings. The van der Waals surface area contributed by atoms with E-state index >= 15 is 0 Å². The van der Waals surface area contributed by atoms with Crippen LogP contribution in [0.4, 0.5) is 0 Å². The highest BCUT2D eigenvalue weighted by atomic mass is 35.5. The van der Waals surface area contributed by atoms with Gasteiger partial charge in [-0.05, 0) is 49.8 Å². The third kappa shape index (κ3) is 4.27. The highest BCUT2D eigenvalue weighted by molar-refractivity contribution is 6.41. The smallest absolute Gasteiger partial charge is 0.273 e. The Morgan fingerprint density at radius 1 is 1.12 bits per heavy atom. The number of amides is 1. The number of nitrogens with zero attached hydrogens (tertiary/aromatic N) is 5. The standard InChI is InChI=1S/C23H21Cl2N5O2/c1-13-3-4-17(22-26-5-2-6-27-22)21(29-13)23(31)30-11-15-7-14(15)8-16(30)12-32-20-9-18(24)19(25)10-28-20/h2-6,9-10,14-16H,7-8,11-12H2,1H3/t14-,15+,16+/m1/s1. The number of carbonyl (C=O) groups excluding carboxylic acids is 1. The second-order valence-electron chi connectivity index (χ2n) is 8.27. The molecule has 1 amide bonds. The number of aromatic nitrogens is 4. The number of hydrogen-bond donors (Lipinski definition) is 0. The first-order valence-electron chi connectivity index (χ1n) is 10.5. The maximum Gasteiger partial charge on any atom is 0.273 e. The normalized spacial score (nSPS) is 21.7. The zero-order valence-corrected chi connectivity index (χ0v) is 18.9. The topological polar surface area (TPSA) is 81.1 Å². The lowest BCUT2D eigenvalue weighted by Gasteiger charge is -2.35. The molecule has 1 aliphatic heterocycles. The van der Waals surface area contributed by atoms with Crippen LogP contribution >= 0.6 is 23.2 Å². The van der Waals surface area contributed by atoms with E-state index in [0.717, 1.165) is 18.5 Å². The molecular formula is C23H21Cl2N5O2. The highest BCUT2D eigenvalue weighted by Gasteiger charge is 2.47. The lowest BCUT2D eigenvalue weighted by molar-refractivity contribution is 0.0503. The van der Waals surface area contributed by atoms with Gasteiger partial charge in [0.25, 0.3) is 5.91 Å². The van der Waals surface area contributed by atoms with Crippen molar-refractivity contribution in [1.82, 2.24) is 24.8 Å². The number of aryl methyl sites for hydroxylation is 1. The first-order valence-corrected chi connectivity index (χ1v) is 11.2. The average molecular weight is 470 g/mol. The van der Waals surface area contributed by atoms with Crippen LogP contribution < -0.4 is 4.74 Å². The number of hydrogen-bond acceptors (Lipinski definition) is 6. The van der Waals surface area contributed by atoms with Crippen molar-refractivity contribution in [1.29, 1.82) is 0 Å². The van der Waals surface area contributed by atoms with Gasteiger partial charge in [0.1, 0.15) is 12.3 Å². The summed E-state index contributed by atoms with van der Waals surface area (Å²) in [6.07, 6.45) is 6.81. The molecule has 1 saturated heterocycles. The molecule has 2 aliphatic rings. The van der Waals surface area contributed by atoms with Gasteiger partial charge in [-0.15, -0.1) is 0 Å². The number of halogens is 2. The molecule has 9 heteroatoms. The number of carbonyl (C=O) groups is 1. The van der Waals surface area contributed by atoms with Crippen molar-refractivity contribution < 1.29 is 9.53 Å². The van der Waals surface area contributed by atoms with Crippen molar-refractivity contribution >= 4 is 29.1 Å². The van der Waals surface area contributed by atoms with Crippen LogP contribution in [0.2, 0.25) is 10.0 Å². The lowest BCUT2D eigenvalue weighted by Crippen LogP contribution is -2.48. The van der Waals surface area contributed by atoms with Crippen LogP contribution in [0.1, 0.15) is 29.0 Å². The molecule has 32 heavy (non-hydrogen) atoms. The third-order valence-corrected chi connectivity index (χ3v) is 6.74. The fourth-order valence-electron chi connectivity index (χ4n) is 4.24. The van der Waals surface area contributed by atoms with E-state index in [0.29, 0.717) is 58.0 Å². The maximum absolute atomic E-state index is 13.7. The molecule has 0 unspecified atom stereocenters. The van der Waals surface area contributed by atoms with E-state index in [1.54, 1.807) is 24.5 Å². The Balaban J connectivity index is 1.41. The summed E-state index contributed by atoms with van der Waals surface area (Å²) in [4.78, 5) is 33.0. The van der Waals surface area contributed by atoms with E-state index in [9.17, 15) is 4.79 Å². The molecule has 1 aliphatic carbocycles. The zero-order valence-electron chi connectivity index (χ0n) is 17.4. The Labute approximate surface area is 195 Å². The molecule has 3 aromatic heterocycles. The summed E-state index contributed by atoms with van der Waals surface area (Å²) in [6.45, 7) is 2.88. The molecule has 0 N–H and O–H groups in total. The van der Waals surface area contributed by atoms with E-state index in [4.69, 9.17) is 27.9 Å². The Morgan fingerprint density at radius 2 is 1.94 bits per heavy atom. The van der Waals surface area contributed by atoms with Crippen LogP contribution in [0.3, 0.4) is 0 Å². The summed E-state index contributed by atoms with van der Waals surface area (Å²) in [6, 6.07) is 6.97. The fourth-order valence-corrected chi connectivity index (χ4v) is 4.48. The summed E-state index contributed by atoms with van der Waals surface area (Å²) in [5.74, 6) is 1.92. The molecule has 3 aromatic rings. The summed E-state index contributed by atoms with van der Waals surface area (Å²) >= 11 is 12.0. The second kappa shape index (κ2) is 8.64. The molecule has 7 nitrogen and oxygen atoms in total. The average Bonchev–Trinajstić information content (AvgIpc) is 3.57. The molecule has 164 valence electrons. The minimum absolute atomic E-state index is 0.0886. The Morgan fingerprint density at radius 3 is 2.72 bits per heavy atom. The minimum Gasteiger partial charge on any atom is -0.475 e. The van der Waals surface area contributed by atoms with Crippen LogP contribution in [-0.4, -0.2) is 49.9 Å². The van der Waals surface area contributed by atoms with Gasteiger partial charge in [0.05, 0.1) is 27.8 Å². The van der Waals surface area contributed by atoms with Crippen molar-refractivity contribution in [3.8, 4) is 17.3 Å². The van der Waals surface area contributed by atoms with Gasteiger partial charge in [0.15, 0.2) is 5.82 Å². The number of ether oxygens (including phenoxy) is 1.